The zero-order valence-electron chi connectivity index (χ0n) is 22.7. The van der Waals surface area contributed by atoms with Gasteiger partial charge < -0.3 is 19.3 Å². The van der Waals surface area contributed by atoms with E-state index in [0.717, 1.165) is 16.9 Å². The molecule has 40 heavy (non-hydrogen) atoms. The number of hydrogen-bond acceptors (Lipinski definition) is 8. The molecular formula is C32H29N3O5. The number of esters is 2. The van der Waals surface area contributed by atoms with E-state index in [1.807, 2.05) is 84.6 Å². The molecule has 0 bridgehead atoms. The van der Waals surface area contributed by atoms with Gasteiger partial charge in [-0.1, -0.05) is 42.5 Å². The molecule has 1 saturated heterocycles. The number of hydrogen-bond donors (Lipinski definition) is 0. The number of ether oxygens (including phenoxy) is 2. The van der Waals surface area contributed by atoms with Crippen molar-refractivity contribution in [2.75, 3.05) is 31.0 Å². The van der Waals surface area contributed by atoms with Crippen LogP contribution in [-0.4, -0.2) is 51.0 Å². The Hall–Kier alpha value is -4.90. The first-order valence-corrected chi connectivity index (χ1v) is 12.9. The number of fused-ring (bicyclic) bond motifs is 3. The maximum atomic E-state index is 14.5. The summed E-state index contributed by atoms with van der Waals surface area (Å²) in [5, 5.41) is 10.8. The monoisotopic (exact) mass is 535 g/mol. The topological polar surface area (TPSA) is 99.9 Å². The molecule has 202 valence electrons. The van der Waals surface area contributed by atoms with Gasteiger partial charge in [0.2, 0.25) is 0 Å². The van der Waals surface area contributed by atoms with E-state index in [-0.39, 0.29) is 5.78 Å². The van der Waals surface area contributed by atoms with Gasteiger partial charge in [-0.05, 0) is 53.6 Å². The molecule has 0 aliphatic carbocycles. The van der Waals surface area contributed by atoms with Gasteiger partial charge in [0.1, 0.15) is 11.8 Å². The Morgan fingerprint density at radius 3 is 2.25 bits per heavy atom. The van der Waals surface area contributed by atoms with Gasteiger partial charge in [0.05, 0.1) is 19.2 Å². The first kappa shape index (κ1) is 26.7. The summed E-state index contributed by atoms with van der Waals surface area (Å²) >= 11 is 0. The van der Waals surface area contributed by atoms with E-state index >= 15 is 0 Å². The average Bonchev–Trinajstić information content (AvgIpc) is 3.28. The number of benzene rings is 3. The highest BCUT2D eigenvalue weighted by Crippen LogP contribution is 2.56. The van der Waals surface area contributed by atoms with Crippen LogP contribution in [0.1, 0.15) is 34.3 Å². The smallest absolute Gasteiger partial charge is 0.329 e. The van der Waals surface area contributed by atoms with Crippen LogP contribution in [0.4, 0.5) is 11.4 Å². The Labute approximate surface area is 233 Å². The normalized spacial score (nSPS) is 22.5. The van der Waals surface area contributed by atoms with Crippen molar-refractivity contribution in [2.24, 2.45) is 5.41 Å². The molecular weight excluding hydrogens is 506 g/mol. The van der Waals surface area contributed by atoms with Crippen molar-refractivity contribution in [1.29, 1.82) is 5.26 Å². The third-order valence-electron chi connectivity index (χ3n) is 7.69. The minimum absolute atomic E-state index is 0.271. The second-order valence-electron chi connectivity index (χ2n) is 10.1. The zero-order chi connectivity index (χ0) is 28.6. The molecule has 2 aliphatic rings. The lowest BCUT2D eigenvalue weighted by atomic mass is 9.68. The summed E-state index contributed by atoms with van der Waals surface area (Å²) in [7, 11) is 5.11. The van der Waals surface area contributed by atoms with Crippen LogP contribution in [0.2, 0.25) is 0 Å². The molecule has 2 aliphatic heterocycles. The third kappa shape index (κ3) is 4.20. The number of Topliss-reactive ketones (excluding diaryl/α,β-unsaturated/α-hetero) is 1. The standard InChI is InChI=1S/C32H29N3O5/c1-20(36)40-25-16-11-23(12-17-25)30(37)29-28(22-9-14-24(15-10-22)34(2)3)32(19-33,31(38)39-4)27-18-13-21-7-5-6-8-26(21)35(27)29/h5-18,27-29H,1-4H3. The van der Waals surface area contributed by atoms with Gasteiger partial charge in [-0.25, -0.2) is 0 Å². The highest BCUT2D eigenvalue weighted by Gasteiger charge is 2.67. The molecule has 3 aromatic carbocycles. The minimum Gasteiger partial charge on any atom is -0.468 e. The van der Waals surface area contributed by atoms with Gasteiger partial charge >= 0.3 is 11.9 Å². The molecule has 3 aromatic rings. The van der Waals surface area contributed by atoms with Crippen LogP contribution in [0.3, 0.4) is 0 Å². The summed E-state index contributed by atoms with van der Waals surface area (Å²) in [4.78, 5) is 43.4. The van der Waals surface area contributed by atoms with Crippen LogP contribution in [0.5, 0.6) is 5.75 Å². The fourth-order valence-electron chi connectivity index (χ4n) is 5.91. The van der Waals surface area contributed by atoms with Gasteiger partial charge in [0.25, 0.3) is 0 Å². The number of carbonyl (C=O) groups is 3. The molecule has 0 saturated carbocycles. The molecule has 0 amide bonds. The van der Waals surface area contributed by atoms with E-state index < -0.39 is 35.4 Å². The minimum atomic E-state index is -1.71. The second kappa shape index (κ2) is 10.3. The summed E-state index contributed by atoms with van der Waals surface area (Å²) in [6.07, 6.45) is 3.71. The fraction of sp³-hybridized carbons (Fsp3) is 0.250. The molecule has 8 heteroatoms. The van der Waals surface area contributed by atoms with Gasteiger partial charge in [-0.2, -0.15) is 5.26 Å². The summed E-state index contributed by atoms with van der Waals surface area (Å²) in [5.41, 5.74) is 1.89. The van der Waals surface area contributed by atoms with E-state index in [0.29, 0.717) is 16.9 Å². The number of nitrogens with zero attached hydrogens (tertiary/aromatic N) is 3. The molecule has 4 atom stereocenters. The lowest BCUT2D eigenvalue weighted by Gasteiger charge is -2.36. The van der Waals surface area contributed by atoms with Crippen molar-refractivity contribution < 1.29 is 23.9 Å². The lowest BCUT2D eigenvalue weighted by Crippen LogP contribution is -2.46. The van der Waals surface area contributed by atoms with E-state index in [1.54, 1.807) is 24.3 Å². The highest BCUT2D eigenvalue weighted by molar-refractivity contribution is 6.06. The summed E-state index contributed by atoms with van der Waals surface area (Å²) in [6, 6.07) is 22.1. The van der Waals surface area contributed by atoms with Crippen LogP contribution < -0.4 is 14.5 Å². The predicted octanol–water partition coefficient (Wildman–Crippen LogP) is 4.61. The summed E-state index contributed by atoms with van der Waals surface area (Å²) in [5.74, 6) is -1.98. The Bertz CT molecular complexity index is 1540. The largest absolute Gasteiger partial charge is 0.468 e. The van der Waals surface area contributed by atoms with Crippen LogP contribution >= 0.6 is 0 Å². The SMILES string of the molecule is COC(=O)C1(C#N)C(c2ccc(N(C)C)cc2)C(C(=O)c2ccc(OC(C)=O)cc2)N2c3ccccc3C=CC21. The average molecular weight is 536 g/mol. The molecule has 0 radical (unpaired) electrons. The van der Waals surface area contributed by atoms with Crippen molar-refractivity contribution >= 4 is 35.2 Å². The maximum Gasteiger partial charge on any atom is 0.329 e. The first-order chi connectivity index (χ1) is 19.2. The van der Waals surface area contributed by atoms with Gasteiger partial charge in [-0.15, -0.1) is 0 Å². The maximum absolute atomic E-state index is 14.5. The van der Waals surface area contributed by atoms with Crippen LogP contribution in [0, 0.1) is 16.7 Å². The first-order valence-electron chi connectivity index (χ1n) is 12.9. The van der Waals surface area contributed by atoms with E-state index in [1.165, 1.54) is 14.0 Å². The number of carbonyl (C=O) groups excluding carboxylic acids is 3. The highest BCUT2D eigenvalue weighted by atomic mass is 16.5. The molecule has 0 N–H and O–H groups in total. The van der Waals surface area contributed by atoms with Crippen LogP contribution in [0.15, 0.2) is 78.9 Å². The number of para-hydroxylation sites is 1. The Balaban J connectivity index is 1.74. The molecule has 0 aromatic heterocycles. The molecule has 8 nitrogen and oxygen atoms in total. The third-order valence-corrected chi connectivity index (χ3v) is 7.69. The second-order valence-corrected chi connectivity index (χ2v) is 10.1. The lowest BCUT2D eigenvalue weighted by molar-refractivity contribution is -0.150. The Morgan fingerprint density at radius 2 is 1.65 bits per heavy atom. The molecule has 0 spiro atoms. The van der Waals surface area contributed by atoms with Gasteiger partial charge in [0.15, 0.2) is 11.2 Å². The van der Waals surface area contributed by atoms with E-state index in [4.69, 9.17) is 9.47 Å². The van der Waals surface area contributed by atoms with Gasteiger partial charge in [-0.3, -0.25) is 14.4 Å². The Morgan fingerprint density at radius 1 is 0.975 bits per heavy atom. The van der Waals surface area contributed by atoms with Crippen molar-refractivity contribution in [3.8, 4) is 11.8 Å². The summed E-state index contributed by atoms with van der Waals surface area (Å²) in [6.45, 7) is 1.31. The number of rotatable bonds is 6. The number of ketones is 1. The Kier molecular flexibility index (Phi) is 6.90. The molecule has 2 heterocycles. The molecule has 5 rings (SSSR count). The van der Waals surface area contributed by atoms with Gasteiger partial charge in [0, 0.05) is 43.9 Å². The summed E-state index contributed by atoms with van der Waals surface area (Å²) < 4.78 is 10.4. The van der Waals surface area contributed by atoms with Crippen molar-refractivity contribution in [3.63, 3.8) is 0 Å². The number of methoxy groups -OCH3 is 1. The number of nitriles is 1. The quantitative estimate of drug-likeness (QED) is 0.256. The van der Waals surface area contributed by atoms with E-state index in [9.17, 15) is 19.6 Å². The fourth-order valence-corrected chi connectivity index (χ4v) is 5.91. The van der Waals surface area contributed by atoms with E-state index in [2.05, 4.69) is 6.07 Å². The van der Waals surface area contributed by atoms with Crippen molar-refractivity contribution in [3.05, 3.63) is 95.6 Å². The van der Waals surface area contributed by atoms with Crippen LogP contribution in [0.25, 0.3) is 6.08 Å². The zero-order valence-corrected chi connectivity index (χ0v) is 22.7. The molecule has 1 fully saturated rings. The number of anilines is 2. The van der Waals surface area contributed by atoms with Crippen LogP contribution in [-0.2, 0) is 14.3 Å². The van der Waals surface area contributed by atoms with Crippen molar-refractivity contribution in [2.45, 2.75) is 24.9 Å². The predicted molar refractivity (Wildman–Crippen MR) is 151 cm³/mol. The molecule has 4 unspecified atom stereocenters. The van der Waals surface area contributed by atoms with Crippen molar-refractivity contribution in [1.82, 2.24) is 0 Å².